The zero-order valence-corrected chi connectivity index (χ0v) is 19.7. The van der Waals surface area contributed by atoms with E-state index >= 15 is 0 Å². The van der Waals surface area contributed by atoms with Gasteiger partial charge in [-0.25, -0.2) is 0 Å². The SMILES string of the molecule is COc1c(Cl)c(C)c(Cl)c(O[C@H]2O[C@H](CO[C@H]3OC[C@@H](O)[C@H](O)[C@H]3O)[C@@H](O)[C@H](O)[C@H]2O)c1Cl. The quantitative estimate of drug-likeness (QED) is 0.281. The lowest BCUT2D eigenvalue weighted by atomic mass is 9.99. The molecule has 0 unspecified atom stereocenters. The molecule has 0 spiro atoms. The van der Waals surface area contributed by atoms with Gasteiger partial charge in [-0.1, -0.05) is 34.8 Å². The summed E-state index contributed by atoms with van der Waals surface area (Å²) in [6.07, 6.45) is -13.5. The summed E-state index contributed by atoms with van der Waals surface area (Å²) >= 11 is 18.8. The minimum absolute atomic E-state index is 0.0151. The summed E-state index contributed by atoms with van der Waals surface area (Å²) in [6.45, 7) is 0.850. The van der Waals surface area contributed by atoms with Crippen LogP contribution in [0.3, 0.4) is 0 Å². The average molecular weight is 536 g/mol. The van der Waals surface area contributed by atoms with Crippen molar-refractivity contribution in [2.24, 2.45) is 0 Å². The smallest absolute Gasteiger partial charge is 0.229 e. The molecular formula is C19H25Cl3O11. The maximum absolute atomic E-state index is 10.4. The van der Waals surface area contributed by atoms with E-state index in [9.17, 15) is 30.6 Å². The van der Waals surface area contributed by atoms with Crippen molar-refractivity contribution < 1.29 is 54.3 Å². The molecule has 33 heavy (non-hydrogen) atoms. The Morgan fingerprint density at radius 1 is 0.818 bits per heavy atom. The molecule has 9 atom stereocenters. The molecule has 1 aromatic rings. The molecule has 0 saturated carbocycles. The van der Waals surface area contributed by atoms with Gasteiger partial charge < -0.3 is 54.3 Å². The Balaban J connectivity index is 1.76. The van der Waals surface area contributed by atoms with Crippen LogP contribution in [0.5, 0.6) is 11.5 Å². The van der Waals surface area contributed by atoms with Gasteiger partial charge in [0.1, 0.15) is 47.8 Å². The molecule has 0 aliphatic carbocycles. The molecule has 2 saturated heterocycles. The molecule has 0 aromatic heterocycles. The molecule has 2 heterocycles. The fourth-order valence-electron chi connectivity index (χ4n) is 3.40. The molecule has 2 fully saturated rings. The van der Waals surface area contributed by atoms with Crippen molar-refractivity contribution >= 4 is 34.8 Å². The Hall–Kier alpha value is -0.670. The summed E-state index contributed by atoms with van der Waals surface area (Å²) in [5.74, 6) is -0.0577. The lowest BCUT2D eigenvalue weighted by Gasteiger charge is -2.41. The fourth-order valence-corrected chi connectivity index (χ4v) is 4.35. The second-order valence-electron chi connectivity index (χ2n) is 7.65. The highest BCUT2D eigenvalue weighted by molar-refractivity contribution is 6.43. The van der Waals surface area contributed by atoms with Crippen molar-refractivity contribution in [1.82, 2.24) is 0 Å². The minimum atomic E-state index is -1.71. The van der Waals surface area contributed by atoms with E-state index in [4.69, 9.17) is 58.5 Å². The van der Waals surface area contributed by atoms with E-state index in [1.54, 1.807) is 6.92 Å². The number of ether oxygens (including phenoxy) is 5. The first-order valence-corrected chi connectivity index (χ1v) is 11.0. The highest BCUT2D eigenvalue weighted by Crippen LogP contribution is 2.48. The van der Waals surface area contributed by atoms with E-state index in [2.05, 4.69) is 0 Å². The molecule has 2 aliphatic heterocycles. The summed E-state index contributed by atoms with van der Waals surface area (Å²) in [4.78, 5) is 0. The predicted molar refractivity (Wildman–Crippen MR) is 114 cm³/mol. The number of aliphatic hydroxyl groups excluding tert-OH is 6. The first-order valence-electron chi connectivity index (χ1n) is 9.84. The van der Waals surface area contributed by atoms with Crippen LogP contribution in [-0.2, 0) is 14.2 Å². The number of halogens is 3. The molecule has 6 N–H and O–H groups in total. The van der Waals surface area contributed by atoms with Gasteiger partial charge in [0.2, 0.25) is 6.29 Å². The standard InChI is InChI=1S/C19H25Cl3O11/c1-5-8(20)16(29-2)10(22)17(9(5)21)33-19-15(28)13(26)12(25)7(32-19)4-31-18-14(27)11(24)6(23)3-30-18/h6-7,11-15,18-19,23-28H,3-4H2,1-2H3/t6-,7-,11+,12-,13+,14-,15-,18-,19-/m1/s1. The van der Waals surface area contributed by atoms with E-state index in [-0.39, 0.29) is 33.2 Å². The molecule has 11 nitrogen and oxygen atoms in total. The maximum atomic E-state index is 10.4. The Bertz CT molecular complexity index is 844. The summed E-state index contributed by atoms with van der Waals surface area (Å²) in [7, 11) is 1.33. The van der Waals surface area contributed by atoms with Crippen LogP contribution in [0.15, 0.2) is 0 Å². The van der Waals surface area contributed by atoms with E-state index in [0.29, 0.717) is 5.56 Å². The third kappa shape index (κ3) is 5.30. The highest BCUT2D eigenvalue weighted by Gasteiger charge is 2.47. The van der Waals surface area contributed by atoms with E-state index in [1.165, 1.54) is 7.11 Å². The zero-order valence-electron chi connectivity index (χ0n) is 17.5. The van der Waals surface area contributed by atoms with Crippen LogP contribution in [0.4, 0.5) is 0 Å². The van der Waals surface area contributed by atoms with Gasteiger partial charge in [0.05, 0.1) is 30.4 Å². The lowest BCUT2D eigenvalue weighted by molar-refractivity contribution is -0.307. The zero-order chi connectivity index (χ0) is 24.6. The van der Waals surface area contributed by atoms with Gasteiger partial charge in [0.15, 0.2) is 17.8 Å². The molecule has 2 aliphatic rings. The monoisotopic (exact) mass is 534 g/mol. The van der Waals surface area contributed by atoms with Crippen LogP contribution in [0.25, 0.3) is 0 Å². The second-order valence-corrected chi connectivity index (χ2v) is 8.78. The van der Waals surface area contributed by atoms with Gasteiger partial charge in [0.25, 0.3) is 0 Å². The molecule has 0 bridgehead atoms. The summed E-state index contributed by atoms with van der Waals surface area (Å²) in [5, 5.41) is 60.3. The van der Waals surface area contributed by atoms with E-state index < -0.39 is 61.9 Å². The Labute approximate surface area is 203 Å². The van der Waals surface area contributed by atoms with Gasteiger partial charge in [-0.05, 0) is 12.5 Å². The number of aliphatic hydroxyl groups is 6. The van der Waals surface area contributed by atoms with Crippen LogP contribution in [-0.4, -0.2) is 106 Å². The summed E-state index contributed by atoms with van der Waals surface area (Å²) < 4.78 is 26.9. The first kappa shape index (κ1) is 26.9. The normalized spacial score (nSPS) is 37.1. The van der Waals surface area contributed by atoms with Gasteiger partial charge in [-0.15, -0.1) is 0 Å². The number of rotatable bonds is 6. The van der Waals surface area contributed by atoms with Gasteiger partial charge >= 0.3 is 0 Å². The van der Waals surface area contributed by atoms with Crippen molar-refractivity contribution in [3.8, 4) is 11.5 Å². The van der Waals surface area contributed by atoms with Gasteiger partial charge in [-0.3, -0.25) is 0 Å². The van der Waals surface area contributed by atoms with Crippen LogP contribution in [0, 0.1) is 6.92 Å². The maximum Gasteiger partial charge on any atom is 0.229 e. The number of hydrogen-bond donors (Lipinski definition) is 6. The molecule has 1 aromatic carbocycles. The van der Waals surface area contributed by atoms with Crippen molar-refractivity contribution in [2.45, 2.75) is 62.2 Å². The largest absolute Gasteiger partial charge is 0.493 e. The molecular weight excluding hydrogens is 511 g/mol. The Morgan fingerprint density at radius 2 is 1.42 bits per heavy atom. The van der Waals surface area contributed by atoms with Crippen LogP contribution in [0.2, 0.25) is 15.1 Å². The summed E-state index contributed by atoms with van der Waals surface area (Å²) in [5.41, 5.74) is 0.379. The number of methoxy groups -OCH3 is 1. The Kier molecular flexibility index (Phi) is 8.93. The van der Waals surface area contributed by atoms with Crippen LogP contribution < -0.4 is 9.47 Å². The van der Waals surface area contributed by atoms with Crippen molar-refractivity contribution in [3.63, 3.8) is 0 Å². The minimum Gasteiger partial charge on any atom is -0.493 e. The van der Waals surface area contributed by atoms with Gasteiger partial charge in [-0.2, -0.15) is 0 Å². The molecule has 14 heteroatoms. The predicted octanol–water partition coefficient (Wildman–Crippen LogP) is -0.394. The Morgan fingerprint density at radius 3 is 2.06 bits per heavy atom. The number of hydrogen-bond acceptors (Lipinski definition) is 11. The lowest BCUT2D eigenvalue weighted by Crippen LogP contribution is -2.61. The van der Waals surface area contributed by atoms with Crippen LogP contribution >= 0.6 is 34.8 Å². The average Bonchev–Trinajstić information content (AvgIpc) is 2.79. The molecule has 3 rings (SSSR count). The van der Waals surface area contributed by atoms with Crippen molar-refractivity contribution in [2.75, 3.05) is 20.3 Å². The van der Waals surface area contributed by atoms with E-state index in [1.807, 2.05) is 0 Å². The van der Waals surface area contributed by atoms with Crippen LogP contribution in [0.1, 0.15) is 5.56 Å². The van der Waals surface area contributed by atoms with Crippen molar-refractivity contribution in [3.05, 3.63) is 20.6 Å². The van der Waals surface area contributed by atoms with E-state index in [0.717, 1.165) is 0 Å². The molecule has 0 amide bonds. The van der Waals surface area contributed by atoms with Gasteiger partial charge in [0, 0.05) is 0 Å². The molecule has 0 radical (unpaired) electrons. The fraction of sp³-hybridized carbons (Fsp3) is 0.684. The first-order chi connectivity index (χ1) is 15.5. The summed E-state index contributed by atoms with van der Waals surface area (Å²) in [6, 6.07) is 0. The highest BCUT2D eigenvalue weighted by atomic mass is 35.5. The second kappa shape index (κ2) is 10.9. The van der Waals surface area contributed by atoms with Crippen molar-refractivity contribution in [1.29, 1.82) is 0 Å². The molecule has 188 valence electrons. The third-order valence-electron chi connectivity index (χ3n) is 5.44. The number of benzene rings is 1. The topological polar surface area (TPSA) is 168 Å². The third-order valence-corrected chi connectivity index (χ3v) is 6.70.